The molecule has 0 aromatic heterocycles. The van der Waals surface area contributed by atoms with Crippen LogP contribution in [0.2, 0.25) is 0 Å². The molecule has 0 saturated carbocycles. The molecule has 2 rings (SSSR count). The lowest BCUT2D eigenvalue weighted by Crippen LogP contribution is -2.30. The molecule has 20 heavy (non-hydrogen) atoms. The number of ether oxygens (including phenoxy) is 1. The zero-order valence-electron chi connectivity index (χ0n) is 12.8. The summed E-state index contributed by atoms with van der Waals surface area (Å²) >= 11 is 0. The van der Waals surface area contributed by atoms with Crippen LogP contribution in [-0.2, 0) is 4.74 Å². The molecule has 110 valence electrons. The topological polar surface area (TPSA) is 29.5 Å². The van der Waals surface area contributed by atoms with Crippen molar-refractivity contribution in [1.29, 1.82) is 0 Å². The average molecular weight is 275 g/mol. The van der Waals surface area contributed by atoms with E-state index in [9.17, 15) is 4.79 Å². The van der Waals surface area contributed by atoms with Crippen LogP contribution in [0.15, 0.2) is 18.2 Å². The largest absolute Gasteiger partial charge is 0.377 e. The summed E-state index contributed by atoms with van der Waals surface area (Å²) in [5.41, 5.74) is 3.15. The van der Waals surface area contributed by atoms with E-state index in [0.717, 1.165) is 42.8 Å². The van der Waals surface area contributed by atoms with E-state index in [1.807, 2.05) is 26.0 Å². The number of nitrogens with zero attached hydrogens (tertiary/aromatic N) is 1. The maximum absolute atomic E-state index is 12.2. The number of carbonyl (C=O) groups is 1. The van der Waals surface area contributed by atoms with Crippen LogP contribution in [0.25, 0.3) is 0 Å². The van der Waals surface area contributed by atoms with Crippen LogP contribution >= 0.6 is 0 Å². The molecule has 0 radical (unpaired) electrons. The number of carbonyl (C=O) groups excluding carboxylic acids is 1. The lowest BCUT2D eigenvalue weighted by Gasteiger charge is -2.20. The number of Topliss-reactive ketones (excluding diaryl/α,β-unsaturated/α-hetero) is 1. The first-order valence-corrected chi connectivity index (χ1v) is 7.46. The Kier molecular flexibility index (Phi) is 5.32. The highest BCUT2D eigenvalue weighted by Crippen LogP contribution is 2.14. The van der Waals surface area contributed by atoms with E-state index in [1.54, 1.807) is 0 Å². The maximum Gasteiger partial charge on any atom is 0.164 e. The first-order chi connectivity index (χ1) is 9.54. The van der Waals surface area contributed by atoms with Gasteiger partial charge in [-0.3, -0.25) is 4.79 Å². The molecule has 3 nitrogen and oxygen atoms in total. The maximum atomic E-state index is 12.2. The van der Waals surface area contributed by atoms with Gasteiger partial charge in [-0.1, -0.05) is 17.2 Å². The van der Waals surface area contributed by atoms with Crippen molar-refractivity contribution >= 4 is 5.78 Å². The number of hydrogen-bond acceptors (Lipinski definition) is 3. The molecule has 1 aliphatic rings. The lowest BCUT2D eigenvalue weighted by molar-refractivity contribution is 0.0778. The van der Waals surface area contributed by atoms with E-state index in [2.05, 4.69) is 18.0 Å². The highest BCUT2D eigenvalue weighted by atomic mass is 16.5. The predicted octanol–water partition coefficient (Wildman–Crippen LogP) is 2.99. The van der Waals surface area contributed by atoms with Crippen LogP contribution in [0.4, 0.5) is 0 Å². The molecule has 1 unspecified atom stereocenters. The summed E-state index contributed by atoms with van der Waals surface area (Å²) in [6.45, 7) is 6.69. The van der Waals surface area contributed by atoms with Crippen LogP contribution in [0.3, 0.4) is 0 Å². The molecule has 0 bridgehead atoms. The molecule has 0 aliphatic carbocycles. The number of likely N-dealkylation sites (N-methyl/N-ethyl adjacent to an activating group) is 1. The summed E-state index contributed by atoms with van der Waals surface area (Å²) in [4.78, 5) is 14.4. The fourth-order valence-electron chi connectivity index (χ4n) is 2.80. The molecule has 1 aromatic carbocycles. The second kappa shape index (κ2) is 7.00. The Hall–Kier alpha value is -1.19. The molecule has 1 fully saturated rings. The Labute approximate surface area is 121 Å². The Morgan fingerprint density at radius 3 is 2.60 bits per heavy atom. The summed E-state index contributed by atoms with van der Waals surface area (Å²) in [6, 6.07) is 6.06. The number of aryl methyl sites for hydroxylation is 2. The third-order valence-corrected chi connectivity index (χ3v) is 3.80. The first-order valence-electron chi connectivity index (χ1n) is 7.46. The van der Waals surface area contributed by atoms with Crippen molar-refractivity contribution in [1.82, 2.24) is 4.90 Å². The van der Waals surface area contributed by atoms with Gasteiger partial charge >= 0.3 is 0 Å². The van der Waals surface area contributed by atoms with Gasteiger partial charge in [0.25, 0.3) is 0 Å². The molecule has 1 atom stereocenters. The van der Waals surface area contributed by atoms with Crippen molar-refractivity contribution in [2.45, 2.75) is 39.2 Å². The van der Waals surface area contributed by atoms with E-state index in [1.165, 1.54) is 6.42 Å². The van der Waals surface area contributed by atoms with E-state index < -0.39 is 0 Å². The van der Waals surface area contributed by atoms with E-state index in [-0.39, 0.29) is 5.78 Å². The van der Waals surface area contributed by atoms with E-state index in [4.69, 9.17) is 4.74 Å². The summed E-state index contributed by atoms with van der Waals surface area (Å²) in [5, 5.41) is 0. The van der Waals surface area contributed by atoms with Gasteiger partial charge < -0.3 is 9.64 Å². The SMILES string of the molecule is Cc1cc(C)cc(C(=O)CCN(C)CC2CCCO2)c1. The van der Waals surface area contributed by atoms with Crippen LogP contribution in [-0.4, -0.2) is 43.5 Å². The van der Waals surface area contributed by atoms with Gasteiger partial charge in [-0.2, -0.15) is 0 Å². The van der Waals surface area contributed by atoms with Gasteiger partial charge in [-0.05, 0) is 45.9 Å². The highest BCUT2D eigenvalue weighted by molar-refractivity contribution is 5.96. The highest BCUT2D eigenvalue weighted by Gasteiger charge is 2.17. The molecule has 3 heteroatoms. The minimum Gasteiger partial charge on any atom is -0.377 e. The normalized spacial score (nSPS) is 18.7. The van der Waals surface area contributed by atoms with Crippen molar-refractivity contribution in [2.75, 3.05) is 26.7 Å². The fraction of sp³-hybridized carbons (Fsp3) is 0.588. The van der Waals surface area contributed by atoms with Crippen molar-refractivity contribution < 1.29 is 9.53 Å². The van der Waals surface area contributed by atoms with Crippen LogP contribution in [0.1, 0.15) is 40.7 Å². The quantitative estimate of drug-likeness (QED) is 0.748. The van der Waals surface area contributed by atoms with Gasteiger partial charge in [0.15, 0.2) is 5.78 Å². The Bertz CT molecular complexity index is 444. The number of rotatable bonds is 6. The van der Waals surface area contributed by atoms with Crippen LogP contribution in [0.5, 0.6) is 0 Å². The number of ketones is 1. The van der Waals surface area contributed by atoms with Gasteiger partial charge in [-0.25, -0.2) is 0 Å². The zero-order chi connectivity index (χ0) is 14.5. The summed E-state index contributed by atoms with van der Waals surface area (Å²) in [7, 11) is 2.07. The second-order valence-corrected chi connectivity index (χ2v) is 5.95. The zero-order valence-corrected chi connectivity index (χ0v) is 12.8. The Morgan fingerprint density at radius 1 is 1.30 bits per heavy atom. The smallest absolute Gasteiger partial charge is 0.164 e. The van der Waals surface area contributed by atoms with Gasteiger partial charge in [0.05, 0.1) is 6.10 Å². The molecule has 1 saturated heterocycles. The molecule has 0 spiro atoms. The summed E-state index contributed by atoms with van der Waals surface area (Å²) in [6.07, 6.45) is 3.25. The van der Waals surface area contributed by atoms with Gasteiger partial charge in [0, 0.05) is 31.7 Å². The van der Waals surface area contributed by atoms with Crippen LogP contribution in [0, 0.1) is 13.8 Å². The lowest BCUT2D eigenvalue weighted by atomic mass is 10.0. The van der Waals surface area contributed by atoms with Crippen molar-refractivity contribution in [3.05, 3.63) is 34.9 Å². The van der Waals surface area contributed by atoms with Gasteiger partial charge in [0.1, 0.15) is 0 Å². The predicted molar refractivity (Wildman–Crippen MR) is 81.3 cm³/mol. The van der Waals surface area contributed by atoms with Crippen molar-refractivity contribution in [2.24, 2.45) is 0 Å². The molecule has 1 heterocycles. The summed E-state index contributed by atoms with van der Waals surface area (Å²) in [5.74, 6) is 0.232. The molecule has 1 aromatic rings. The molecular weight excluding hydrogens is 250 g/mol. The molecule has 1 aliphatic heterocycles. The van der Waals surface area contributed by atoms with Crippen molar-refractivity contribution in [3.63, 3.8) is 0 Å². The number of benzene rings is 1. The third kappa shape index (κ3) is 4.43. The second-order valence-electron chi connectivity index (χ2n) is 5.95. The molecular formula is C17H25NO2. The molecule has 0 amide bonds. The standard InChI is InChI=1S/C17H25NO2/c1-13-9-14(2)11-15(10-13)17(19)6-7-18(3)12-16-5-4-8-20-16/h9-11,16H,4-8,12H2,1-3H3. The fourth-order valence-corrected chi connectivity index (χ4v) is 2.80. The Morgan fingerprint density at radius 2 is 2.00 bits per heavy atom. The summed E-state index contributed by atoms with van der Waals surface area (Å²) < 4.78 is 5.62. The van der Waals surface area contributed by atoms with Gasteiger partial charge in [0.2, 0.25) is 0 Å². The first kappa shape index (κ1) is 15.2. The van der Waals surface area contributed by atoms with E-state index in [0.29, 0.717) is 12.5 Å². The monoisotopic (exact) mass is 275 g/mol. The minimum absolute atomic E-state index is 0.232. The molecule has 0 N–H and O–H groups in total. The van der Waals surface area contributed by atoms with Crippen molar-refractivity contribution in [3.8, 4) is 0 Å². The van der Waals surface area contributed by atoms with E-state index >= 15 is 0 Å². The average Bonchev–Trinajstić information content (AvgIpc) is 2.87. The Balaban J connectivity index is 1.81. The third-order valence-electron chi connectivity index (χ3n) is 3.80. The van der Waals surface area contributed by atoms with Crippen LogP contribution < -0.4 is 0 Å². The number of hydrogen-bond donors (Lipinski definition) is 0. The van der Waals surface area contributed by atoms with Gasteiger partial charge in [-0.15, -0.1) is 0 Å². The minimum atomic E-state index is 0.232.